The first-order valence-corrected chi connectivity index (χ1v) is 7.33. The zero-order chi connectivity index (χ0) is 14.1. The van der Waals surface area contributed by atoms with E-state index in [4.69, 9.17) is 0 Å². The Labute approximate surface area is 117 Å². The molecule has 2 unspecified atom stereocenters. The van der Waals surface area contributed by atoms with Crippen LogP contribution in [0.25, 0.3) is 0 Å². The predicted octanol–water partition coefficient (Wildman–Crippen LogP) is 3.45. The molecule has 0 spiro atoms. The Morgan fingerprint density at radius 1 is 1.16 bits per heavy atom. The molecule has 1 aliphatic heterocycles. The van der Waals surface area contributed by atoms with Crippen molar-refractivity contribution >= 4 is 0 Å². The van der Waals surface area contributed by atoms with Crippen LogP contribution in [0.1, 0.15) is 46.1 Å². The SMILES string of the molecule is CC(C)(C)C(C)(O)C1CCCN1Cc1ccccc1. The van der Waals surface area contributed by atoms with Gasteiger partial charge in [-0.25, -0.2) is 0 Å². The lowest BCUT2D eigenvalue weighted by Crippen LogP contribution is -2.55. The number of hydrogen-bond donors (Lipinski definition) is 1. The molecule has 0 radical (unpaired) electrons. The number of hydrogen-bond acceptors (Lipinski definition) is 2. The van der Waals surface area contributed by atoms with Crippen molar-refractivity contribution in [2.75, 3.05) is 6.54 Å². The minimum atomic E-state index is -0.654. The third-order valence-electron chi connectivity index (χ3n) is 4.76. The van der Waals surface area contributed by atoms with Crippen molar-refractivity contribution in [2.24, 2.45) is 5.41 Å². The Morgan fingerprint density at radius 2 is 1.79 bits per heavy atom. The van der Waals surface area contributed by atoms with E-state index < -0.39 is 5.60 Å². The lowest BCUT2D eigenvalue weighted by molar-refractivity contribution is -0.0977. The van der Waals surface area contributed by atoms with Crippen LogP contribution >= 0.6 is 0 Å². The second-order valence-corrected chi connectivity index (χ2v) is 7.01. The summed E-state index contributed by atoms with van der Waals surface area (Å²) >= 11 is 0. The molecule has 19 heavy (non-hydrogen) atoms. The van der Waals surface area contributed by atoms with Crippen LogP contribution in [0.4, 0.5) is 0 Å². The Morgan fingerprint density at radius 3 is 2.37 bits per heavy atom. The maximum Gasteiger partial charge on any atom is 0.0822 e. The van der Waals surface area contributed by atoms with E-state index in [-0.39, 0.29) is 11.5 Å². The number of nitrogens with zero attached hydrogens (tertiary/aromatic N) is 1. The molecule has 0 saturated carbocycles. The summed E-state index contributed by atoms with van der Waals surface area (Å²) in [4.78, 5) is 2.45. The summed E-state index contributed by atoms with van der Waals surface area (Å²) in [6.45, 7) is 10.4. The Bertz CT molecular complexity index is 405. The predicted molar refractivity (Wildman–Crippen MR) is 80.0 cm³/mol. The van der Waals surface area contributed by atoms with Gasteiger partial charge in [-0.2, -0.15) is 0 Å². The summed E-state index contributed by atoms with van der Waals surface area (Å²) in [6, 6.07) is 10.8. The third-order valence-corrected chi connectivity index (χ3v) is 4.76. The molecule has 106 valence electrons. The molecule has 1 N–H and O–H groups in total. The van der Waals surface area contributed by atoms with Crippen LogP contribution in [0.5, 0.6) is 0 Å². The smallest absolute Gasteiger partial charge is 0.0822 e. The lowest BCUT2D eigenvalue weighted by atomic mass is 9.72. The first-order valence-electron chi connectivity index (χ1n) is 7.33. The van der Waals surface area contributed by atoms with Crippen LogP contribution in [0.3, 0.4) is 0 Å². The monoisotopic (exact) mass is 261 g/mol. The molecule has 2 atom stereocenters. The zero-order valence-corrected chi connectivity index (χ0v) is 12.7. The summed E-state index contributed by atoms with van der Waals surface area (Å²) in [5, 5.41) is 11.0. The fourth-order valence-corrected chi connectivity index (χ4v) is 2.97. The van der Waals surface area contributed by atoms with Crippen LogP contribution in [0.2, 0.25) is 0 Å². The van der Waals surface area contributed by atoms with Crippen molar-refractivity contribution in [1.82, 2.24) is 4.90 Å². The number of benzene rings is 1. The van der Waals surface area contributed by atoms with E-state index in [1.165, 1.54) is 12.0 Å². The molecule has 2 nitrogen and oxygen atoms in total. The van der Waals surface area contributed by atoms with Gasteiger partial charge in [0.1, 0.15) is 0 Å². The van der Waals surface area contributed by atoms with E-state index in [0.29, 0.717) is 0 Å². The lowest BCUT2D eigenvalue weighted by Gasteiger charge is -2.45. The number of aliphatic hydroxyl groups is 1. The minimum Gasteiger partial charge on any atom is -0.388 e. The molecular formula is C17H27NO. The zero-order valence-electron chi connectivity index (χ0n) is 12.7. The van der Waals surface area contributed by atoms with Gasteiger partial charge in [0.15, 0.2) is 0 Å². The normalized spacial score (nSPS) is 24.4. The molecule has 1 heterocycles. The van der Waals surface area contributed by atoms with Crippen molar-refractivity contribution in [3.05, 3.63) is 35.9 Å². The van der Waals surface area contributed by atoms with Gasteiger partial charge in [0.25, 0.3) is 0 Å². The van der Waals surface area contributed by atoms with Gasteiger partial charge in [0.2, 0.25) is 0 Å². The molecule has 2 rings (SSSR count). The van der Waals surface area contributed by atoms with Crippen LogP contribution in [-0.2, 0) is 6.54 Å². The fraction of sp³-hybridized carbons (Fsp3) is 0.647. The van der Waals surface area contributed by atoms with Crippen LogP contribution in [-0.4, -0.2) is 28.2 Å². The molecule has 1 fully saturated rings. The number of rotatable bonds is 3. The van der Waals surface area contributed by atoms with Crippen molar-refractivity contribution in [3.63, 3.8) is 0 Å². The van der Waals surface area contributed by atoms with Gasteiger partial charge in [-0.15, -0.1) is 0 Å². The first-order chi connectivity index (χ1) is 8.82. The van der Waals surface area contributed by atoms with Crippen molar-refractivity contribution in [2.45, 2.75) is 58.7 Å². The molecular weight excluding hydrogens is 234 g/mol. The average molecular weight is 261 g/mol. The van der Waals surface area contributed by atoms with Gasteiger partial charge >= 0.3 is 0 Å². The second kappa shape index (κ2) is 5.26. The van der Waals surface area contributed by atoms with E-state index in [2.05, 4.69) is 56.0 Å². The summed E-state index contributed by atoms with van der Waals surface area (Å²) in [7, 11) is 0. The standard InChI is InChI=1S/C17H27NO/c1-16(2,3)17(4,19)15-11-8-12-18(15)13-14-9-6-5-7-10-14/h5-7,9-10,15,19H,8,11-13H2,1-4H3. The number of likely N-dealkylation sites (tertiary alicyclic amines) is 1. The third kappa shape index (κ3) is 3.01. The summed E-state index contributed by atoms with van der Waals surface area (Å²) in [5.74, 6) is 0. The van der Waals surface area contributed by atoms with Crippen molar-refractivity contribution < 1.29 is 5.11 Å². The van der Waals surface area contributed by atoms with Gasteiger partial charge in [-0.3, -0.25) is 4.90 Å². The quantitative estimate of drug-likeness (QED) is 0.901. The van der Waals surface area contributed by atoms with Crippen molar-refractivity contribution in [3.8, 4) is 0 Å². The largest absolute Gasteiger partial charge is 0.388 e. The topological polar surface area (TPSA) is 23.5 Å². The van der Waals surface area contributed by atoms with Gasteiger partial charge in [-0.1, -0.05) is 51.1 Å². The summed E-state index contributed by atoms with van der Waals surface area (Å²) in [5.41, 5.74) is 0.578. The maximum absolute atomic E-state index is 11.0. The second-order valence-electron chi connectivity index (χ2n) is 7.01. The molecule has 1 aromatic rings. The van der Waals surface area contributed by atoms with E-state index >= 15 is 0 Å². The van der Waals surface area contributed by atoms with Crippen LogP contribution in [0.15, 0.2) is 30.3 Å². The van der Waals surface area contributed by atoms with E-state index in [0.717, 1.165) is 19.5 Å². The molecule has 1 aromatic carbocycles. The van der Waals surface area contributed by atoms with Gasteiger partial charge in [0, 0.05) is 12.6 Å². The van der Waals surface area contributed by atoms with Gasteiger partial charge in [-0.05, 0) is 37.3 Å². The van der Waals surface area contributed by atoms with E-state index in [1.54, 1.807) is 0 Å². The molecule has 0 amide bonds. The van der Waals surface area contributed by atoms with Gasteiger partial charge in [0.05, 0.1) is 5.60 Å². The average Bonchev–Trinajstić information content (AvgIpc) is 2.77. The summed E-state index contributed by atoms with van der Waals surface area (Å²) < 4.78 is 0. The summed E-state index contributed by atoms with van der Waals surface area (Å²) in [6.07, 6.45) is 2.28. The molecule has 0 bridgehead atoms. The van der Waals surface area contributed by atoms with Crippen LogP contribution in [0, 0.1) is 5.41 Å². The molecule has 0 aliphatic carbocycles. The maximum atomic E-state index is 11.0. The Kier molecular flexibility index (Phi) is 4.03. The first kappa shape index (κ1) is 14.5. The van der Waals surface area contributed by atoms with Gasteiger partial charge < -0.3 is 5.11 Å². The highest BCUT2D eigenvalue weighted by Crippen LogP contribution is 2.39. The minimum absolute atomic E-state index is 0.100. The fourth-order valence-electron chi connectivity index (χ4n) is 2.97. The molecule has 1 saturated heterocycles. The molecule has 1 aliphatic rings. The highest BCUT2D eigenvalue weighted by Gasteiger charge is 2.46. The molecule has 2 heteroatoms. The highest BCUT2D eigenvalue weighted by molar-refractivity contribution is 5.15. The van der Waals surface area contributed by atoms with E-state index in [1.807, 2.05) is 6.92 Å². The van der Waals surface area contributed by atoms with Crippen molar-refractivity contribution in [1.29, 1.82) is 0 Å². The van der Waals surface area contributed by atoms with Crippen LogP contribution < -0.4 is 0 Å². The highest BCUT2D eigenvalue weighted by atomic mass is 16.3. The Balaban J connectivity index is 2.14. The Hall–Kier alpha value is -0.860. The van der Waals surface area contributed by atoms with E-state index in [9.17, 15) is 5.11 Å². The molecule has 0 aromatic heterocycles.